The van der Waals surface area contributed by atoms with E-state index < -0.39 is 0 Å². The molecule has 0 atom stereocenters. The largest absolute Gasteiger partial charge is 0.493 e. The van der Waals surface area contributed by atoms with Gasteiger partial charge in [0.15, 0.2) is 17.2 Å². The summed E-state index contributed by atoms with van der Waals surface area (Å²) in [4.78, 5) is 28.5. The van der Waals surface area contributed by atoms with Crippen LogP contribution in [-0.2, 0) is 11.2 Å². The van der Waals surface area contributed by atoms with Gasteiger partial charge in [0.2, 0.25) is 5.91 Å². The van der Waals surface area contributed by atoms with Crippen molar-refractivity contribution in [3.63, 3.8) is 0 Å². The summed E-state index contributed by atoms with van der Waals surface area (Å²) in [6.45, 7) is 0.477. The molecule has 3 aromatic rings. The van der Waals surface area contributed by atoms with Crippen molar-refractivity contribution < 1.29 is 14.3 Å². The van der Waals surface area contributed by atoms with E-state index in [1.165, 1.54) is 0 Å². The number of hydrogen-bond donors (Lipinski definition) is 1. The number of carbonyl (C=O) groups excluding carboxylic acids is 2. The minimum Gasteiger partial charge on any atom is -0.493 e. The summed E-state index contributed by atoms with van der Waals surface area (Å²) in [6.07, 6.45) is 4.84. The number of rotatable bonds is 8. The number of benzene rings is 1. The third-order valence-electron chi connectivity index (χ3n) is 4.09. The van der Waals surface area contributed by atoms with Crippen LogP contribution < -0.4 is 10.1 Å². The fraction of sp³-hybridized carbons (Fsp3) is 0.250. The highest BCUT2D eigenvalue weighted by Crippen LogP contribution is 2.18. The summed E-state index contributed by atoms with van der Waals surface area (Å²) in [5.41, 5.74) is 2.26. The molecular weight excluding hydrogens is 330 g/mol. The lowest BCUT2D eigenvalue weighted by Gasteiger charge is -2.04. The number of carbonyl (C=O) groups is 2. The van der Waals surface area contributed by atoms with Gasteiger partial charge in [-0.2, -0.15) is 0 Å². The van der Waals surface area contributed by atoms with E-state index in [9.17, 15) is 9.59 Å². The fourth-order valence-corrected chi connectivity index (χ4v) is 2.73. The molecule has 0 radical (unpaired) electrons. The first-order valence-electron chi connectivity index (χ1n) is 8.53. The van der Waals surface area contributed by atoms with Crippen LogP contribution in [0.25, 0.3) is 5.65 Å². The number of amides is 1. The van der Waals surface area contributed by atoms with Crippen LogP contribution in [0, 0.1) is 0 Å². The summed E-state index contributed by atoms with van der Waals surface area (Å²) < 4.78 is 7.19. The Morgan fingerprint density at radius 1 is 1.12 bits per heavy atom. The fourth-order valence-electron chi connectivity index (χ4n) is 2.73. The molecule has 2 heterocycles. The number of methoxy groups -OCH3 is 1. The van der Waals surface area contributed by atoms with Crippen LogP contribution in [0.1, 0.15) is 28.9 Å². The van der Waals surface area contributed by atoms with Gasteiger partial charge in [-0.15, -0.1) is 0 Å². The zero-order chi connectivity index (χ0) is 18.4. The minimum absolute atomic E-state index is 0.0202. The molecule has 0 aliphatic rings. The van der Waals surface area contributed by atoms with Gasteiger partial charge < -0.3 is 14.5 Å². The smallest absolute Gasteiger partial charge is 0.220 e. The Morgan fingerprint density at radius 2 is 1.92 bits per heavy atom. The van der Waals surface area contributed by atoms with Crippen LogP contribution in [-0.4, -0.2) is 34.7 Å². The average molecular weight is 351 g/mol. The predicted octanol–water partition coefficient (Wildman–Crippen LogP) is 2.66. The van der Waals surface area contributed by atoms with Gasteiger partial charge in [0, 0.05) is 43.8 Å². The highest BCUT2D eigenvalue weighted by molar-refractivity contribution is 5.97. The molecule has 0 spiro atoms. The molecule has 1 N–H and O–H groups in total. The van der Waals surface area contributed by atoms with Crippen molar-refractivity contribution in [3.8, 4) is 5.75 Å². The Kier molecular flexibility index (Phi) is 5.63. The summed E-state index contributed by atoms with van der Waals surface area (Å²) >= 11 is 0. The molecule has 0 bridgehead atoms. The van der Waals surface area contributed by atoms with Gasteiger partial charge in [0.25, 0.3) is 0 Å². The maximum Gasteiger partial charge on any atom is 0.220 e. The van der Waals surface area contributed by atoms with E-state index in [0.717, 1.165) is 11.3 Å². The molecule has 0 aliphatic carbocycles. The van der Waals surface area contributed by atoms with Crippen LogP contribution in [0.4, 0.5) is 0 Å². The average Bonchev–Trinajstić information content (AvgIpc) is 3.09. The third-order valence-corrected chi connectivity index (χ3v) is 4.09. The number of imidazole rings is 1. The molecule has 0 saturated carbocycles. The summed E-state index contributed by atoms with van der Waals surface area (Å²) in [6, 6.07) is 12.8. The third kappa shape index (κ3) is 4.27. The van der Waals surface area contributed by atoms with E-state index >= 15 is 0 Å². The van der Waals surface area contributed by atoms with Gasteiger partial charge in [-0.25, -0.2) is 4.98 Å². The Bertz CT molecular complexity index is 903. The van der Waals surface area contributed by atoms with Crippen LogP contribution >= 0.6 is 0 Å². The summed E-state index contributed by atoms with van der Waals surface area (Å²) in [5, 5.41) is 2.84. The number of aromatic nitrogens is 2. The number of ketones is 1. The van der Waals surface area contributed by atoms with Crippen molar-refractivity contribution in [2.45, 2.75) is 19.3 Å². The zero-order valence-electron chi connectivity index (χ0n) is 14.6. The number of nitrogens with zero attached hydrogens (tertiary/aromatic N) is 2. The van der Waals surface area contributed by atoms with Crippen molar-refractivity contribution in [1.29, 1.82) is 0 Å². The quantitative estimate of drug-likeness (QED) is 0.633. The molecule has 0 aliphatic heterocycles. The number of Topliss-reactive ketones (excluding diaryl/α,β-unsaturated/α-hetero) is 1. The van der Waals surface area contributed by atoms with Crippen LogP contribution in [0.5, 0.6) is 5.75 Å². The van der Waals surface area contributed by atoms with E-state index in [-0.39, 0.29) is 24.5 Å². The first kappa shape index (κ1) is 17.7. The van der Waals surface area contributed by atoms with Gasteiger partial charge >= 0.3 is 0 Å². The molecule has 0 unspecified atom stereocenters. The Hall–Kier alpha value is -3.15. The maximum atomic E-state index is 12.0. The summed E-state index contributed by atoms with van der Waals surface area (Å²) in [5.74, 6) is 0.561. The van der Waals surface area contributed by atoms with E-state index in [1.54, 1.807) is 19.2 Å². The van der Waals surface area contributed by atoms with Crippen molar-refractivity contribution in [3.05, 3.63) is 66.1 Å². The first-order valence-corrected chi connectivity index (χ1v) is 8.53. The van der Waals surface area contributed by atoms with Gasteiger partial charge in [-0.1, -0.05) is 30.3 Å². The van der Waals surface area contributed by atoms with E-state index in [4.69, 9.17) is 4.74 Å². The molecule has 26 heavy (non-hydrogen) atoms. The van der Waals surface area contributed by atoms with Gasteiger partial charge in [-0.3, -0.25) is 9.59 Å². The summed E-state index contributed by atoms with van der Waals surface area (Å²) in [7, 11) is 1.61. The molecule has 134 valence electrons. The minimum atomic E-state index is -0.129. The molecule has 3 rings (SSSR count). The zero-order valence-corrected chi connectivity index (χ0v) is 14.6. The molecule has 1 amide bonds. The Balaban J connectivity index is 1.46. The van der Waals surface area contributed by atoms with E-state index in [1.807, 2.05) is 47.1 Å². The standard InChI is InChI=1S/C20H21N3O3/c1-26-18-8-5-13-23-14-16(22-20(18)23)11-12-21-19(25)10-9-17(24)15-6-3-2-4-7-15/h2-8,13-14H,9-12H2,1H3,(H,21,25). The van der Waals surface area contributed by atoms with Crippen molar-refractivity contribution >= 4 is 17.3 Å². The lowest BCUT2D eigenvalue weighted by molar-refractivity contribution is -0.121. The highest BCUT2D eigenvalue weighted by Gasteiger charge is 2.10. The van der Waals surface area contributed by atoms with E-state index in [2.05, 4.69) is 10.3 Å². The van der Waals surface area contributed by atoms with Gasteiger partial charge in [0.1, 0.15) is 0 Å². The SMILES string of the molecule is COc1cccn2cc(CCNC(=O)CCC(=O)c3ccccc3)nc12. The van der Waals surface area contributed by atoms with Crippen molar-refractivity contribution in [2.24, 2.45) is 0 Å². The molecule has 6 nitrogen and oxygen atoms in total. The number of fused-ring (bicyclic) bond motifs is 1. The molecule has 0 fully saturated rings. The molecule has 6 heteroatoms. The normalized spacial score (nSPS) is 10.7. The van der Waals surface area contributed by atoms with Crippen LogP contribution in [0.3, 0.4) is 0 Å². The second-order valence-corrected chi connectivity index (χ2v) is 5.93. The lowest BCUT2D eigenvalue weighted by Crippen LogP contribution is -2.26. The second-order valence-electron chi connectivity index (χ2n) is 5.93. The Morgan fingerprint density at radius 3 is 2.69 bits per heavy atom. The first-order chi connectivity index (χ1) is 12.7. The maximum absolute atomic E-state index is 12.0. The number of hydrogen-bond acceptors (Lipinski definition) is 4. The highest BCUT2D eigenvalue weighted by atomic mass is 16.5. The number of ether oxygens (including phenoxy) is 1. The number of pyridine rings is 1. The Labute approximate surface area is 151 Å². The number of nitrogens with one attached hydrogen (secondary N) is 1. The van der Waals surface area contributed by atoms with Crippen molar-refractivity contribution in [2.75, 3.05) is 13.7 Å². The van der Waals surface area contributed by atoms with Crippen molar-refractivity contribution in [1.82, 2.24) is 14.7 Å². The van der Waals surface area contributed by atoms with Crippen LogP contribution in [0.15, 0.2) is 54.9 Å². The monoisotopic (exact) mass is 351 g/mol. The molecular formula is C20H21N3O3. The van der Waals surface area contributed by atoms with Crippen LogP contribution in [0.2, 0.25) is 0 Å². The second kappa shape index (κ2) is 8.29. The molecule has 2 aromatic heterocycles. The predicted molar refractivity (Wildman–Crippen MR) is 98.5 cm³/mol. The van der Waals surface area contributed by atoms with Gasteiger partial charge in [0.05, 0.1) is 12.8 Å². The van der Waals surface area contributed by atoms with Gasteiger partial charge in [-0.05, 0) is 12.1 Å². The molecule has 1 aromatic carbocycles. The van der Waals surface area contributed by atoms with E-state index in [0.29, 0.717) is 24.3 Å². The topological polar surface area (TPSA) is 72.7 Å². The lowest BCUT2D eigenvalue weighted by atomic mass is 10.1. The molecule has 0 saturated heterocycles.